The highest BCUT2D eigenvalue weighted by Crippen LogP contribution is 2.49. The highest BCUT2D eigenvalue weighted by Gasteiger charge is 2.27. The van der Waals surface area contributed by atoms with Crippen LogP contribution in [0.1, 0.15) is 24.0 Å². The predicted molar refractivity (Wildman–Crippen MR) is 238 cm³/mol. The van der Waals surface area contributed by atoms with Crippen molar-refractivity contribution in [2.24, 2.45) is 4.99 Å². The number of para-hydroxylation sites is 3. The standard InChI is InChI=1S/C53H33N3/c1-3-14-36-32(12-1)24-25-34-30-35(26-28-37(34)36)44-20-11-23-48(41-18-5-8-19-45(41)54-44)55-46-21-9-6-16-39(46)42-31-43-40-17-7-10-22-47(40)56-49-29-27-33-13-2-4-15-38(33)50(49)51(52(42)55)53(43)56/h1-10,12-19,21-31H,11,20H2/b48-23+,54-44+. The summed E-state index contributed by atoms with van der Waals surface area (Å²) in [5, 5.41) is 15.4. The van der Waals surface area contributed by atoms with E-state index in [1.807, 2.05) is 0 Å². The first kappa shape index (κ1) is 30.1. The van der Waals surface area contributed by atoms with E-state index in [0.29, 0.717) is 0 Å². The number of hydrogen-bond acceptors (Lipinski definition) is 1. The van der Waals surface area contributed by atoms with E-state index < -0.39 is 0 Å². The molecule has 0 bridgehead atoms. The fourth-order valence-electron chi connectivity index (χ4n) is 10.1. The van der Waals surface area contributed by atoms with Gasteiger partial charge in [-0.15, -0.1) is 0 Å². The Kier molecular flexibility index (Phi) is 6.00. The van der Waals surface area contributed by atoms with Crippen molar-refractivity contribution >= 4 is 109 Å². The first-order chi connectivity index (χ1) is 27.8. The Bertz CT molecular complexity index is 3700. The molecule has 260 valence electrons. The van der Waals surface area contributed by atoms with Crippen molar-refractivity contribution < 1.29 is 0 Å². The van der Waals surface area contributed by atoms with Crippen LogP contribution in [-0.2, 0) is 0 Å². The summed E-state index contributed by atoms with van der Waals surface area (Å²) < 4.78 is 5.09. The fraction of sp³-hybridized carbons (Fsp3) is 0.0377. The van der Waals surface area contributed by atoms with Crippen LogP contribution in [0, 0.1) is 0 Å². The Morgan fingerprint density at radius 2 is 1.07 bits per heavy atom. The highest BCUT2D eigenvalue weighted by molar-refractivity contribution is 6.37. The molecule has 0 unspecified atom stereocenters. The fourth-order valence-corrected chi connectivity index (χ4v) is 10.1. The van der Waals surface area contributed by atoms with Crippen LogP contribution in [0.2, 0.25) is 0 Å². The molecular weight excluding hydrogens is 679 g/mol. The van der Waals surface area contributed by atoms with Gasteiger partial charge >= 0.3 is 0 Å². The van der Waals surface area contributed by atoms with E-state index in [1.54, 1.807) is 0 Å². The maximum Gasteiger partial charge on any atom is 0.0726 e. The van der Waals surface area contributed by atoms with Crippen LogP contribution in [0.5, 0.6) is 0 Å². The molecule has 0 aliphatic carbocycles. The molecule has 9 aromatic carbocycles. The zero-order valence-electron chi connectivity index (χ0n) is 30.5. The molecule has 0 amide bonds. The lowest BCUT2D eigenvalue weighted by Crippen LogP contribution is -2.06. The molecule has 12 aromatic rings. The largest absolute Gasteiger partial charge is 0.308 e. The van der Waals surface area contributed by atoms with Crippen LogP contribution in [0.4, 0.5) is 5.69 Å². The summed E-state index contributed by atoms with van der Waals surface area (Å²) in [5.74, 6) is 0. The average Bonchev–Trinajstić information content (AvgIpc) is 3.89. The molecule has 0 spiro atoms. The second-order valence-electron chi connectivity index (χ2n) is 15.4. The number of aliphatic imine (C=N–C) groups is 1. The van der Waals surface area contributed by atoms with Gasteiger partial charge in [-0.3, -0.25) is 4.99 Å². The molecule has 0 N–H and O–H groups in total. The summed E-state index contributed by atoms with van der Waals surface area (Å²) >= 11 is 0. The van der Waals surface area contributed by atoms with E-state index in [2.05, 4.69) is 185 Å². The number of nitrogens with zero attached hydrogens (tertiary/aromatic N) is 3. The molecular formula is C53H33N3. The van der Waals surface area contributed by atoms with Gasteiger partial charge in [-0.2, -0.15) is 0 Å². The van der Waals surface area contributed by atoms with Crippen LogP contribution in [0.3, 0.4) is 0 Å². The number of benzene rings is 9. The Hall–Kier alpha value is -7.23. The van der Waals surface area contributed by atoms with Crippen molar-refractivity contribution in [3.63, 3.8) is 0 Å². The van der Waals surface area contributed by atoms with E-state index in [0.717, 1.165) is 29.8 Å². The SMILES string of the molecule is C1=C(/n2c3ccccc3c3cc4c5ccccc5n5c6ccc7ccccc7c6c(c32)c45)c2ccccc2/N=C(/c2ccc3c(ccc4ccccc43)c2)CC/1. The number of fused-ring (bicyclic) bond motifs is 16. The van der Waals surface area contributed by atoms with Gasteiger partial charge in [0.25, 0.3) is 0 Å². The van der Waals surface area contributed by atoms with E-state index in [9.17, 15) is 0 Å². The minimum absolute atomic E-state index is 0.840. The number of hydrogen-bond donors (Lipinski definition) is 0. The summed E-state index contributed by atoms with van der Waals surface area (Å²) in [6, 6.07) is 62.6. The van der Waals surface area contributed by atoms with Gasteiger partial charge in [0.2, 0.25) is 0 Å². The van der Waals surface area contributed by atoms with Crippen molar-refractivity contribution in [2.45, 2.75) is 12.8 Å². The molecule has 0 saturated heterocycles. The van der Waals surface area contributed by atoms with Crippen molar-refractivity contribution in [1.29, 1.82) is 0 Å². The summed E-state index contributed by atoms with van der Waals surface area (Å²) in [6.45, 7) is 0. The zero-order chi connectivity index (χ0) is 36.5. The molecule has 0 fully saturated rings. The molecule has 0 atom stereocenters. The molecule has 13 rings (SSSR count). The van der Waals surface area contributed by atoms with Gasteiger partial charge in [0, 0.05) is 43.6 Å². The lowest BCUT2D eigenvalue weighted by Gasteiger charge is -2.19. The molecule has 0 saturated carbocycles. The summed E-state index contributed by atoms with van der Waals surface area (Å²) in [7, 11) is 0. The van der Waals surface area contributed by atoms with Crippen molar-refractivity contribution in [3.05, 3.63) is 187 Å². The highest BCUT2D eigenvalue weighted by atomic mass is 15.0. The average molecular weight is 712 g/mol. The zero-order valence-corrected chi connectivity index (χ0v) is 30.5. The van der Waals surface area contributed by atoms with Gasteiger partial charge in [0.15, 0.2) is 0 Å². The first-order valence-corrected chi connectivity index (χ1v) is 19.6. The van der Waals surface area contributed by atoms with Gasteiger partial charge in [-0.05, 0) is 87.1 Å². The van der Waals surface area contributed by atoms with E-state index >= 15 is 0 Å². The lowest BCUT2D eigenvalue weighted by atomic mass is 9.96. The third-order valence-corrected chi connectivity index (χ3v) is 12.5. The molecule has 3 aromatic heterocycles. The summed E-state index contributed by atoms with van der Waals surface area (Å²) in [4.78, 5) is 5.53. The third kappa shape index (κ3) is 3.99. The number of allylic oxidation sites excluding steroid dienone is 1. The monoisotopic (exact) mass is 711 g/mol. The van der Waals surface area contributed by atoms with E-state index in [-0.39, 0.29) is 0 Å². The van der Waals surface area contributed by atoms with Crippen molar-refractivity contribution in [1.82, 2.24) is 8.97 Å². The lowest BCUT2D eigenvalue weighted by molar-refractivity contribution is 1.06. The first-order valence-electron chi connectivity index (χ1n) is 19.6. The summed E-state index contributed by atoms with van der Waals surface area (Å²) in [5.41, 5.74) is 11.9. The van der Waals surface area contributed by atoms with Crippen molar-refractivity contribution in [3.8, 4) is 0 Å². The van der Waals surface area contributed by atoms with Crippen LogP contribution in [0.25, 0.3) is 97.9 Å². The van der Waals surface area contributed by atoms with Gasteiger partial charge in [0.05, 0.1) is 39.0 Å². The maximum absolute atomic E-state index is 5.53. The molecule has 1 aliphatic rings. The number of aromatic nitrogens is 2. The normalized spacial score (nSPS) is 15.6. The predicted octanol–water partition coefficient (Wildman–Crippen LogP) is 14.2. The Morgan fingerprint density at radius 3 is 1.95 bits per heavy atom. The summed E-state index contributed by atoms with van der Waals surface area (Å²) in [6.07, 6.45) is 4.18. The minimum atomic E-state index is 0.840. The maximum atomic E-state index is 5.53. The van der Waals surface area contributed by atoms with Crippen LogP contribution in [0.15, 0.2) is 181 Å². The molecule has 56 heavy (non-hydrogen) atoms. The van der Waals surface area contributed by atoms with Crippen LogP contribution >= 0.6 is 0 Å². The third-order valence-electron chi connectivity index (χ3n) is 12.5. The van der Waals surface area contributed by atoms with Gasteiger partial charge in [-0.25, -0.2) is 0 Å². The quantitative estimate of drug-likeness (QED) is 0.159. The van der Waals surface area contributed by atoms with E-state index in [1.165, 1.54) is 103 Å². The van der Waals surface area contributed by atoms with Crippen molar-refractivity contribution in [2.75, 3.05) is 0 Å². The minimum Gasteiger partial charge on any atom is -0.308 e. The molecule has 3 heteroatoms. The van der Waals surface area contributed by atoms with Crippen LogP contribution in [-0.4, -0.2) is 14.7 Å². The second-order valence-corrected chi connectivity index (χ2v) is 15.4. The topological polar surface area (TPSA) is 21.7 Å². The Balaban J connectivity index is 1.11. The molecule has 1 aliphatic heterocycles. The van der Waals surface area contributed by atoms with Gasteiger partial charge in [0.1, 0.15) is 0 Å². The Labute approximate surface area is 322 Å². The van der Waals surface area contributed by atoms with Gasteiger partial charge in [-0.1, -0.05) is 140 Å². The molecule has 0 radical (unpaired) electrons. The number of rotatable bonds is 2. The molecule has 4 heterocycles. The Morgan fingerprint density at radius 1 is 0.429 bits per heavy atom. The second kappa shape index (κ2) is 11.2. The smallest absolute Gasteiger partial charge is 0.0726 e. The van der Waals surface area contributed by atoms with Gasteiger partial charge < -0.3 is 8.97 Å². The molecule has 3 nitrogen and oxygen atoms in total. The van der Waals surface area contributed by atoms with Crippen LogP contribution < -0.4 is 0 Å². The van der Waals surface area contributed by atoms with E-state index in [4.69, 9.17) is 4.99 Å².